The van der Waals surface area contributed by atoms with E-state index in [4.69, 9.17) is 23.2 Å². The van der Waals surface area contributed by atoms with Crippen LogP contribution in [0.1, 0.15) is 5.56 Å². The summed E-state index contributed by atoms with van der Waals surface area (Å²) in [5, 5.41) is 4.62. The van der Waals surface area contributed by atoms with Gasteiger partial charge in [0.25, 0.3) is 0 Å². The van der Waals surface area contributed by atoms with Crippen molar-refractivity contribution in [3.63, 3.8) is 0 Å². The Labute approximate surface area is 119 Å². The van der Waals surface area contributed by atoms with Crippen LogP contribution in [0.15, 0.2) is 46.9 Å². The van der Waals surface area contributed by atoms with E-state index in [0.717, 1.165) is 15.7 Å². The lowest BCUT2D eigenvalue weighted by molar-refractivity contribution is 1.15. The third-order valence-corrected chi connectivity index (χ3v) is 3.23. The molecular weight excluding hydrogens is 321 g/mol. The second-order valence-corrected chi connectivity index (χ2v) is 5.43. The maximum atomic E-state index is 5.93. The minimum Gasteiger partial charge on any atom is -0.381 e. The molecule has 0 atom stereocenters. The lowest BCUT2D eigenvalue weighted by Gasteiger charge is -2.07. The van der Waals surface area contributed by atoms with Gasteiger partial charge in [0.2, 0.25) is 0 Å². The van der Waals surface area contributed by atoms with Crippen LogP contribution in [0, 0.1) is 0 Å². The van der Waals surface area contributed by atoms with Crippen molar-refractivity contribution in [2.24, 2.45) is 0 Å². The first-order valence-electron chi connectivity index (χ1n) is 5.08. The minimum atomic E-state index is 0.658. The Morgan fingerprint density at radius 1 is 0.941 bits per heavy atom. The van der Waals surface area contributed by atoms with Crippen molar-refractivity contribution in [3.8, 4) is 0 Å². The smallest absolute Gasteiger partial charge is 0.0424 e. The van der Waals surface area contributed by atoms with Crippen LogP contribution in [0.4, 0.5) is 5.69 Å². The van der Waals surface area contributed by atoms with E-state index in [9.17, 15) is 0 Å². The van der Waals surface area contributed by atoms with Gasteiger partial charge in [-0.05, 0) is 48.0 Å². The van der Waals surface area contributed by atoms with Crippen LogP contribution >= 0.6 is 39.1 Å². The van der Waals surface area contributed by atoms with E-state index >= 15 is 0 Å². The summed E-state index contributed by atoms with van der Waals surface area (Å²) in [6.07, 6.45) is 0. The third-order valence-electron chi connectivity index (χ3n) is 2.26. The number of hydrogen-bond acceptors (Lipinski definition) is 1. The van der Waals surface area contributed by atoms with Gasteiger partial charge >= 0.3 is 0 Å². The fourth-order valence-electron chi connectivity index (χ4n) is 1.48. The molecule has 2 aromatic carbocycles. The molecule has 0 aliphatic carbocycles. The molecule has 0 radical (unpaired) electrons. The Hall–Kier alpha value is -0.700. The maximum absolute atomic E-state index is 5.93. The molecule has 0 bridgehead atoms. The lowest BCUT2D eigenvalue weighted by Crippen LogP contribution is -1.99. The minimum absolute atomic E-state index is 0.658. The van der Waals surface area contributed by atoms with Crippen LogP contribution in [0.2, 0.25) is 10.0 Å². The molecule has 0 fully saturated rings. The Morgan fingerprint density at radius 2 is 1.53 bits per heavy atom. The molecule has 0 aliphatic heterocycles. The molecule has 0 heterocycles. The normalized spacial score (nSPS) is 10.3. The third kappa shape index (κ3) is 3.91. The quantitative estimate of drug-likeness (QED) is 0.797. The average molecular weight is 331 g/mol. The van der Waals surface area contributed by atoms with Gasteiger partial charge in [0, 0.05) is 26.8 Å². The highest BCUT2D eigenvalue weighted by Crippen LogP contribution is 2.20. The van der Waals surface area contributed by atoms with Crippen LogP contribution in [-0.2, 0) is 6.54 Å². The molecule has 4 heteroatoms. The highest BCUT2D eigenvalue weighted by Gasteiger charge is 1.98. The van der Waals surface area contributed by atoms with Gasteiger partial charge < -0.3 is 5.32 Å². The van der Waals surface area contributed by atoms with E-state index < -0.39 is 0 Å². The summed E-state index contributed by atoms with van der Waals surface area (Å²) in [7, 11) is 0. The van der Waals surface area contributed by atoms with E-state index in [1.807, 2.05) is 36.4 Å². The van der Waals surface area contributed by atoms with Crippen molar-refractivity contribution in [2.45, 2.75) is 6.54 Å². The second-order valence-electron chi connectivity index (χ2n) is 3.64. The van der Waals surface area contributed by atoms with E-state index in [1.165, 1.54) is 0 Å². The first-order valence-corrected chi connectivity index (χ1v) is 6.63. The molecule has 0 amide bonds. The summed E-state index contributed by atoms with van der Waals surface area (Å²) in [5.74, 6) is 0. The van der Waals surface area contributed by atoms with E-state index in [0.29, 0.717) is 16.6 Å². The number of halogens is 3. The van der Waals surface area contributed by atoms with Gasteiger partial charge in [0.1, 0.15) is 0 Å². The van der Waals surface area contributed by atoms with Crippen LogP contribution in [0.5, 0.6) is 0 Å². The van der Waals surface area contributed by atoms with E-state index in [-0.39, 0.29) is 0 Å². The zero-order chi connectivity index (χ0) is 12.3. The highest BCUT2D eigenvalue weighted by molar-refractivity contribution is 9.10. The first kappa shape index (κ1) is 12.7. The van der Waals surface area contributed by atoms with Crippen molar-refractivity contribution in [2.75, 3.05) is 5.32 Å². The number of nitrogens with one attached hydrogen (secondary N) is 1. The van der Waals surface area contributed by atoms with Crippen molar-refractivity contribution < 1.29 is 0 Å². The molecular formula is C13H10BrCl2N. The van der Waals surface area contributed by atoms with Crippen LogP contribution in [0.3, 0.4) is 0 Å². The second kappa shape index (κ2) is 5.76. The summed E-state index contributed by atoms with van der Waals surface area (Å²) in [4.78, 5) is 0. The van der Waals surface area contributed by atoms with Gasteiger partial charge in [0.05, 0.1) is 0 Å². The average Bonchev–Trinajstić information content (AvgIpc) is 2.27. The van der Waals surface area contributed by atoms with Crippen LogP contribution in [0.25, 0.3) is 0 Å². The van der Waals surface area contributed by atoms with Gasteiger partial charge in [0.15, 0.2) is 0 Å². The predicted octanol–water partition coefficient (Wildman–Crippen LogP) is 5.37. The summed E-state index contributed by atoms with van der Waals surface area (Å²) in [6.45, 7) is 0.696. The summed E-state index contributed by atoms with van der Waals surface area (Å²) < 4.78 is 1.06. The molecule has 0 saturated heterocycles. The number of hydrogen-bond donors (Lipinski definition) is 1. The monoisotopic (exact) mass is 329 g/mol. The maximum Gasteiger partial charge on any atom is 0.0424 e. The molecule has 1 nitrogen and oxygen atoms in total. The number of rotatable bonds is 3. The van der Waals surface area contributed by atoms with Crippen molar-refractivity contribution in [1.29, 1.82) is 0 Å². The number of anilines is 1. The Bertz CT molecular complexity index is 491. The van der Waals surface area contributed by atoms with E-state index in [2.05, 4.69) is 21.2 Å². The number of benzene rings is 2. The molecule has 0 unspecified atom stereocenters. The summed E-state index contributed by atoms with van der Waals surface area (Å²) >= 11 is 15.3. The topological polar surface area (TPSA) is 12.0 Å². The largest absolute Gasteiger partial charge is 0.381 e. The highest BCUT2D eigenvalue weighted by atomic mass is 79.9. The first-order chi connectivity index (χ1) is 8.13. The molecule has 0 aliphatic rings. The predicted molar refractivity (Wildman–Crippen MR) is 77.9 cm³/mol. The van der Waals surface area contributed by atoms with Gasteiger partial charge in [-0.25, -0.2) is 0 Å². The van der Waals surface area contributed by atoms with Crippen LogP contribution < -0.4 is 5.32 Å². The lowest BCUT2D eigenvalue weighted by atomic mass is 10.2. The molecule has 17 heavy (non-hydrogen) atoms. The van der Waals surface area contributed by atoms with E-state index in [1.54, 1.807) is 6.07 Å². The van der Waals surface area contributed by atoms with Crippen molar-refractivity contribution in [3.05, 3.63) is 62.5 Å². The molecule has 2 rings (SSSR count). The van der Waals surface area contributed by atoms with Crippen LogP contribution in [-0.4, -0.2) is 0 Å². The molecule has 0 saturated carbocycles. The molecule has 88 valence electrons. The van der Waals surface area contributed by atoms with Crippen molar-refractivity contribution in [1.82, 2.24) is 0 Å². The van der Waals surface area contributed by atoms with Gasteiger partial charge in [-0.2, -0.15) is 0 Å². The fourth-order valence-corrected chi connectivity index (χ4v) is 2.32. The van der Waals surface area contributed by atoms with Gasteiger partial charge in [-0.3, -0.25) is 0 Å². The summed E-state index contributed by atoms with van der Waals surface area (Å²) in [6, 6.07) is 13.5. The standard InChI is InChI=1S/C13H10BrCl2N/c14-10-1-3-13(4-2-10)17-8-9-5-11(15)7-12(16)6-9/h1-7,17H,8H2. The van der Waals surface area contributed by atoms with Gasteiger partial charge in [-0.1, -0.05) is 39.1 Å². The van der Waals surface area contributed by atoms with Crippen molar-refractivity contribution >= 4 is 44.8 Å². The zero-order valence-electron chi connectivity index (χ0n) is 8.88. The Morgan fingerprint density at radius 3 is 2.12 bits per heavy atom. The Balaban J connectivity index is 2.04. The van der Waals surface area contributed by atoms with Gasteiger partial charge in [-0.15, -0.1) is 0 Å². The Kier molecular flexibility index (Phi) is 4.32. The molecule has 2 aromatic rings. The SMILES string of the molecule is Clc1cc(Cl)cc(CNc2ccc(Br)cc2)c1. The molecule has 0 aromatic heterocycles. The fraction of sp³-hybridized carbons (Fsp3) is 0.0769. The summed E-state index contributed by atoms with van der Waals surface area (Å²) in [5.41, 5.74) is 2.12. The molecule has 1 N–H and O–H groups in total. The zero-order valence-corrected chi connectivity index (χ0v) is 12.0. The molecule has 0 spiro atoms.